The molecule has 0 aliphatic heterocycles. The molecule has 0 unspecified atom stereocenters. The predicted octanol–water partition coefficient (Wildman–Crippen LogP) is 0.369. The zero-order valence-corrected chi connectivity index (χ0v) is 8.63. The van der Waals surface area contributed by atoms with Gasteiger partial charge in [0.1, 0.15) is 6.04 Å². The van der Waals surface area contributed by atoms with Gasteiger partial charge in [0.05, 0.1) is 19.1 Å². The molecule has 1 rings (SSSR count). The normalized spacial score (nSPS) is 12.5. The van der Waals surface area contributed by atoms with Crippen molar-refractivity contribution in [3.8, 4) is 0 Å². The number of esters is 1. The van der Waals surface area contributed by atoms with E-state index in [1.165, 1.54) is 7.11 Å². The number of imidazole rings is 1. The fourth-order valence-corrected chi connectivity index (χ4v) is 1.08. The van der Waals surface area contributed by atoms with Gasteiger partial charge < -0.3 is 9.72 Å². The number of hydrogen-bond acceptors (Lipinski definition) is 4. The van der Waals surface area contributed by atoms with Gasteiger partial charge in [0.15, 0.2) is 0 Å². The predicted molar refractivity (Wildman–Crippen MR) is 51.6 cm³/mol. The maximum absolute atomic E-state index is 11.0. The number of hydrogen-bond donors (Lipinski definition) is 2. The molecule has 1 atom stereocenters. The molecule has 0 fully saturated rings. The average molecular weight is 197 g/mol. The Balaban J connectivity index is 2.41. The second-order valence-corrected chi connectivity index (χ2v) is 3.10. The molecule has 78 valence electrons. The van der Waals surface area contributed by atoms with Crippen LogP contribution in [0.4, 0.5) is 0 Å². The first-order valence-corrected chi connectivity index (χ1v) is 4.45. The van der Waals surface area contributed by atoms with E-state index < -0.39 is 0 Å². The van der Waals surface area contributed by atoms with E-state index >= 15 is 0 Å². The number of aromatic nitrogens is 2. The van der Waals surface area contributed by atoms with Gasteiger partial charge in [-0.25, -0.2) is 4.98 Å². The summed E-state index contributed by atoms with van der Waals surface area (Å²) in [5.74, 6) is -0.266. The van der Waals surface area contributed by atoms with Gasteiger partial charge in [-0.1, -0.05) is 0 Å². The Morgan fingerprint density at radius 3 is 3.00 bits per heavy atom. The van der Waals surface area contributed by atoms with E-state index in [4.69, 9.17) is 0 Å². The van der Waals surface area contributed by atoms with Gasteiger partial charge >= 0.3 is 5.97 Å². The Bertz CT molecular complexity index is 309. The lowest BCUT2D eigenvalue weighted by atomic mass is 10.3. The number of aromatic amines is 1. The van der Waals surface area contributed by atoms with Crippen LogP contribution in [0.3, 0.4) is 0 Å². The van der Waals surface area contributed by atoms with Crippen LogP contribution in [-0.4, -0.2) is 29.1 Å². The summed E-state index contributed by atoms with van der Waals surface area (Å²) in [5, 5.41) is 3.02. The summed E-state index contributed by atoms with van der Waals surface area (Å²) in [6.07, 6.45) is 1.63. The summed E-state index contributed by atoms with van der Waals surface area (Å²) in [6, 6.07) is -0.309. The average Bonchev–Trinajstić information content (AvgIpc) is 2.59. The quantitative estimate of drug-likeness (QED) is 0.684. The van der Waals surface area contributed by atoms with Crippen LogP contribution in [0.5, 0.6) is 0 Å². The fourth-order valence-electron chi connectivity index (χ4n) is 1.08. The van der Waals surface area contributed by atoms with Crippen molar-refractivity contribution in [3.63, 3.8) is 0 Å². The monoisotopic (exact) mass is 197 g/mol. The molecule has 0 aliphatic rings. The van der Waals surface area contributed by atoms with E-state index in [1.807, 2.05) is 6.92 Å². The molecule has 0 bridgehead atoms. The SMILES string of the molecule is COC(=O)[C@H](C)NCc1nc[nH]c1C. The first-order chi connectivity index (χ1) is 6.65. The van der Waals surface area contributed by atoms with Crippen LogP contribution >= 0.6 is 0 Å². The maximum atomic E-state index is 11.0. The molecule has 0 aromatic carbocycles. The van der Waals surface area contributed by atoms with Crippen molar-refractivity contribution in [3.05, 3.63) is 17.7 Å². The number of carbonyl (C=O) groups is 1. The van der Waals surface area contributed by atoms with Gasteiger partial charge in [-0.15, -0.1) is 0 Å². The van der Waals surface area contributed by atoms with Crippen LogP contribution in [0.15, 0.2) is 6.33 Å². The van der Waals surface area contributed by atoms with E-state index in [0.29, 0.717) is 6.54 Å². The van der Waals surface area contributed by atoms with Crippen molar-refractivity contribution in [2.24, 2.45) is 0 Å². The van der Waals surface area contributed by atoms with Gasteiger partial charge in [-0.2, -0.15) is 0 Å². The van der Waals surface area contributed by atoms with Gasteiger partial charge in [-0.05, 0) is 13.8 Å². The van der Waals surface area contributed by atoms with E-state index in [-0.39, 0.29) is 12.0 Å². The molecule has 1 aromatic rings. The zero-order chi connectivity index (χ0) is 10.6. The van der Waals surface area contributed by atoms with Crippen LogP contribution in [0.1, 0.15) is 18.3 Å². The number of methoxy groups -OCH3 is 1. The summed E-state index contributed by atoms with van der Waals surface area (Å²) in [6.45, 7) is 4.26. The molecule has 0 amide bonds. The number of nitrogens with zero attached hydrogens (tertiary/aromatic N) is 1. The Morgan fingerprint density at radius 1 is 1.79 bits per heavy atom. The van der Waals surface area contributed by atoms with Crippen LogP contribution in [0.2, 0.25) is 0 Å². The molecule has 0 aliphatic carbocycles. The smallest absolute Gasteiger partial charge is 0.322 e. The number of rotatable bonds is 4. The Labute approximate surface area is 82.9 Å². The van der Waals surface area contributed by atoms with Crippen molar-refractivity contribution in [1.29, 1.82) is 0 Å². The molecular formula is C9H15N3O2. The van der Waals surface area contributed by atoms with E-state index in [9.17, 15) is 4.79 Å². The van der Waals surface area contributed by atoms with E-state index in [0.717, 1.165) is 11.4 Å². The molecule has 5 nitrogen and oxygen atoms in total. The minimum Gasteiger partial charge on any atom is -0.468 e. The molecule has 1 heterocycles. The van der Waals surface area contributed by atoms with Crippen LogP contribution in [0.25, 0.3) is 0 Å². The van der Waals surface area contributed by atoms with Gasteiger partial charge in [0.2, 0.25) is 0 Å². The lowest BCUT2D eigenvalue weighted by molar-refractivity contribution is -0.142. The Hall–Kier alpha value is -1.36. The molecule has 1 aromatic heterocycles. The van der Waals surface area contributed by atoms with Crippen LogP contribution in [-0.2, 0) is 16.1 Å². The molecule has 0 saturated heterocycles. The van der Waals surface area contributed by atoms with Gasteiger partial charge in [0.25, 0.3) is 0 Å². The first-order valence-electron chi connectivity index (χ1n) is 4.45. The summed E-state index contributed by atoms with van der Waals surface area (Å²) in [5.41, 5.74) is 1.93. The highest BCUT2D eigenvalue weighted by Crippen LogP contribution is 2.00. The number of carbonyl (C=O) groups excluding carboxylic acids is 1. The minimum atomic E-state index is -0.309. The minimum absolute atomic E-state index is 0.266. The highest BCUT2D eigenvalue weighted by Gasteiger charge is 2.12. The highest BCUT2D eigenvalue weighted by molar-refractivity contribution is 5.75. The Kier molecular flexibility index (Phi) is 3.64. The second kappa shape index (κ2) is 4.76. The zero-order valence-electron chi connectivity index (χ0n) is 8.63. The fraction of sp³-hybridized carbons (Fsp3) is 0.556. The third kappa shape index (κ3) is 2.56. The lowest BCUT2D eigenvalue weighted by Crippen LogP contribution is -2.34. The number of ether oxygens (including phenoxy) is 1. The lowest BCUT2D eigenvalue weighted by Gasteiger charge is -2.10. The largest absolute Gasteiger partial charge is 0.468 e. The second-order valence-electron chi connectivity index (χ2n) is 3.10. The number of nitrogens with one attached hydrogen (secondary N) is 2. The van der Waals surface area contributed by atoms with Gasteiger partial charge in [-0.3, -0.25) is 10.1 Å². The molecule has 0 spiro atoms. The van der Waals surface area contributed by atoms with Crippen molar-refractivity contribution in [1.82, 2.24) is 15.3 Å². The summed E-state index contributed by atoms with van der Waals surface area (Å²) in [7, 11) is 1.38. The van der Waals surface area contributed by atoms with E-state index in [1.54, 1.807) is 13.3 Å². The standard InChI is InChI=1S/C9H15N3O2/c1-6-8(12-5-11-6)4-10-7(2)9(13)14-3/h5,7,10H,4H2,1-3H3,(H,11,12)/t7-/m0/s1. The molecule has 5 heteroatoms. The first kappa shape index (κ1) is 10.7. The maximum Gasteiger partial charge on any atom is 0.322 e. The van der Waals surface area contributed by atoms with Crippen LogP contribution < -0.4 is 5.32 Å². The summed E-state index contributed by atoms with van der Waals surface area (Å²) < 4.78 is 4.58. The van der Waals surface area contributed by atoms with Crippen LogP contribution in [0, 0.1) is 6.92 Å². The third-order valence-corrected chi connectivity index (χ3v) is 2.06. The number of aryl methyl sites for hydroxylation is 1. The van der Waals surface area contributed by atoms with Gasteiger partial charge in [0, 0.05) is 12.2 Å². The molecule has 2 N–H and O–H groups in total. The highest BCUT2D eigenvalue weighted by atomic mass is 16.5. The van der Waals surface area contributed by atoms with Crippen molar-refractivity contribution in [2.75, 3.05) is 7.11 Å². The topological polar surface area (TPSA) is 67.0 Å². The molecule has 0 radical (unpaired) electrons. The summed E-state index contributed by atoms with van der Waals surface area (Å²) in [4.78, 5) is 18.1. The Morgan fingerprint density at radius 2 is 2.50 bits per heavy atom. The van der Waals surface area contributed by atoms with Crippen molar-refractivity contribution < 1.29 is 9.53 Å². The molecule has 14 heavy (non-hydrogen) atoms. The number of H-pyrrole nitrogens is 1. The molecular weight excluding hydrogens is 182 g/mol. The molecule has 0 saturated carbocycles. The van der Waals surface area contributed by atoms with E-state index in [2.05, 4.69) is 20.0 Å². The summed E-state index contributed by atoms with van der Waals surface area (Å²) >= 11 is 0. The third-order valence-electron chi connectivity index (χ3n) is 2.06. The van der Waals surface area contributed by atoms with Crippen molar-refractivity contribution in [2.45, 2.75) is 26.4 Å². The van der Waals surface area contributed by atoms with Crippen molar-refractivity contribution >= 4 is 5.97 Å².